The first-order valence-corrected chi connectivity index (χ1v) is 10.7. The van der Waals surface area contributed by atoms with Crippen molar-refractivity contribution in [2.45, 2.75) is 11.4 Å². The molecule has 0 saturated carbocycles. The summed E-state index contributed by atoms with van der Waals surface area (Å²) in [5.74, 6) is 1.94. The molecule has 1 atom stereocenters. The summed E-state index contributed by atoms with van der Waals surface area (Å²) >= 11 is 0. The minimum atomic E-state index is -1.60. The number of furan rings is 1. The van der Waals surface area contributed by atoms with Crippen LogP contribution in [-0.4, -0.2) is 39.6 Å². The lowest BCUT2D eigenvalue weighted by Gasteiger charge is -2.13. The summed E-state index contributed by atoms with van der Waals surface area (Å²) < 4.78 is 25.2. The molecule has 8 nitrogen and oxygen atoms in total. The zero-order valence-corrected chi connectivity index (χ0v) is 18.3. The fourth-order valence-corrected chi connectivity index (χ4v) is 3.90. The van der Waals surface area contributed by atoms with Gasteiger partial charge in [-0.05, 0) is 54.1 Å². The van der Waals surface area contributed by atoms with Gasteiger partial charge in [-0.1, -0.05) is 12.1 Å². The molecule has 0 bridgehead atoms. The Bertz CT molecular complexity index is 1150. The molecule has 160 valence electrons. The molecule has 9 heteroatoms. The molecule has 0 amide bonds. The van der Waals surface area contributed by atoms with Crippen LogP contribution in [0.3, 0.4) is 0 Å². The van der Waals surface area contributed by atoms with E-state index in [0.717, 1.165) is 11.3 Å². The maximum Gasteiger partial charge on any atom is 0.235 e. The van der Waals surface area contributed by atoms with E-state index in [4.69, 9.17) is 9.15 Å². The quantitative estimate of drug-likeness (QED) is 0.449. The van der Waals surface area contributed by atoms with Crippen LogP contribution in [0.4, 0.5) is 11.6 Å². The molecule has 0 aliphatic heterocycles. The van der Waals surface area contributed by atoms with E-state index in [0.29, 0.717) is 34.7 Å². The minimum absolute atomic E-state index is 0.359. The first-order chi connectivity index (χ1) is 15.0. The van der Waals surface area contributed by atoms with Gasteiger partial charge in [0.1, 0.15) is 5.75 Å². The van der Waals surface area contributed by atoms with Crippen LogP contribution in [-0.2, 0) is 17.5 Å². The van der Waals surface area contributed by atoms with E-state index < -0.39 is 11.0 Å². The second-order valence-corrected chi connectivity index (χ2v) is 8.26. The Morgan fingerprint density at radius 3 is 2.45 bits per heavy atom. The number of nitrogens with one attached hydrogen (secondary N) is 1. The van der Waals surface area contributed by atoms with Crippen LogP contribution in [0.2, 0.25) is 0 Å². The summed E-state index contributed by atoms with van der Waals surface area (Å²) in [6, 6.07) is 18.7. The van der Waals surface area contributed by atoms with E-state index in [-0.39, 0.29) is 0 Å². The summed E-state index contributed by atoms with van der Waals surface area (Å²) in [5, 5.41) is 7.68. The Morgan fingerprint density at radius 2 is 1.84 bits per heavy atom. The molecule has 1 N–H and O–H groups in total. The molecular weight excluding hydrogens is 414 g/mol. The molecule has 1 unspecified atom stereocenters. The van der Waals surface area contributed by atoms with E-state index >= 15 is 0 Å². The van der Waals surface area contributed by atoms with Crippen molar-refractivity contribution in [3.63, 3.8) is 0 Å². The summed E-state index contributed by atoms with van der Waals surface area (Å²) in [5.41, 5.74) is 2.18. The second-order valence-electron chi connectivity index (χ2n) is 6.95. The highest BCUT2D eigenvalue weighted by Crippen LogP contribution is 2.23. The lowest BCUT2D eigenvalue weighted by Crippen LogP contribution is -2.13. The monoisotopic (exact) mass is 437 g/mol. The molecule has 0 fully saturated rings. The van der Waals surface area contributed by atoms with Gasteiger partial charge in [-0.25, -0.2) is 4.21 Å². The van der Waals surface area contributed by atoms with Crippen LogP contribution in [0.1, 0.15) is 5.56 Å². The van der Waals surface area contributed by atoms with Gasteiger partial charge in [0, 0.05) is 26.3 Å². The molecule has 2 heterocycles. The van der Waals surface area contributed by atoms with Crippen molar-refractivity contribution >= 4 is 22.6 Å². The number of methoxy groups -OCH3 is 1. The molecule has 4 rings (SSSR count). The van der Waals surface area contributed by atoms with Crippen molar-refractivity contribution in [1.29, 1.82) is 0 Å². The molecule has 0 saturated heterocycles. The number of hydrogen-bond acceptors (Lipinski definition) is 7. The van der Waals surface area contributed by atoms with Crippen LogP contribution in [0.15, 0.2) is 76.2 Å². The van der Waals surface area contributed by atoms with Gasteiger partial charge in [-0.2, -0.15) is 4.98 Å². The first kappa shape index (κ1) is 20.7. The Morgan fingerprint density at radius 1 is 1.10 bits per heavy atom. The highest BCUT2D eigenvalue weighted by Gasteiger charge is 2.19. The molecule has 0 spiro atoms. The van der Waals surface area contributed by atoms with Crippen LogP contribution in [0, 0.1) is 0 Å². The number of hydrogen-bond donors (Lipinski definition) is 1. The number of nitrogens with zero attached hydrogens (tertiary/aromatic N) is 4. The van der Waals surface area contributed by atoms with E-state index in [1.54, 1.807) is 49.8 Å². The summed E-state index contributed by atoms with van der Waals surface area (Å²) in [6.07, 6.45) is 1.55. The summed E-state index contributed by atoms with van der Waals surface area (Å²) in [4.78, 5) is 7.14. The number of rotatable bonds is 8. The first-order valence-electron chi connectivity index (χ1n) is 9.62. The Labute approximate surface area is 183 Å². The third kappa shape index (κ3) is 4.61. The van der Waals surface area contributed by atoms with Crippen LogP contribution in [0.5, 0.6) is 5.75 Å². The molecule has 31 heavy (non-hydrogen) atoms. The van der Waals surface area contributed by atoms with Crippen LogP contribution < -0.4 is 15.0 Å². The third-order valence-corrected chi connectivity index (χ3v) is 5.89. The van der Waals surface area contributed by atoms with Gasteiger partial charge >= 0.3 is 0 Å². The van der Waals surface area contributed by atoms with Crippen molar-refractivity contribution in [2.24, 2.45) is 0 Å². The molecule has 4 aromatic rings. The van der Waals surface area contributed by atoms with Gasteiger partial charge in [0.2, 0.25) is 11.8 Å². The zero-order chi connectivity index (χ0) is 21.8. The normalized spacial score (nSPS) is 11.8. The van der Waals surface area contributed by atoms with E-state index in [1.165, 1.54) is 4.09 Å². The van der Waals surface area contributed by atoms with Crippen molar-refractivity contribution in [3.05, 3.63) is 72.5 Å². The Balaban J connectivity index is 1.61. The third-order valence-electron chi connectivity index (χ3n) is 4.64. The highest BCUT2D eigenvalue weighted by atomic mass is 32.2. The van der Waals surface area contributed by atoms with Gasteiger partial charge in [-0.3, -0.25) is 0 Å². The van der Waals surface area contributed by atoms with Gasteiger partial charge in [-0.15, -0.1) is 9.19 Å². The van der Waals surface area contributed by atoms with E-state index in [9.17, 15) is 4.21 Å². The SMILES string of the molecule is COc1ccc(S(=O)n2nc(-c3ccco3)nc2NCc2ccc(N(C)C)cc2)cc1. The highest BCUT2D eigenvalue weighted by molar-refractivity contribution is 7.83. The molecular formula is C22H23N5O3S. The standard InChI is InChI=1S/C22H23N5O3S/c1-26(2)17-8-6-16(7-9-17)15-23-22-24-21(20-5-4-14-30-20)25-27(22)31(28)19-12-10-18(29-3)11-13-19/h4-14H,15H2,1-3H3,(H,23,24,25). The van der Waals surface area contributed by atoms with E-state index in [2.05, 4.69) is 15.4 Å². The fraction of sp³-hybridized carbons (Fsp3) is 0.182. The van der Waals surface area contributed by atoms with Gasteiger partial charge < -0.3 is 19.4 Å². The van der Waals surface area contributed by atoms with Crippen molar-refractivity contribution < 1.29 is 13.4 Å². The molecule has 0 radical (unpaired) electrons. The second kappa shape index (κ2) is 9.05. The van der Waals surface area contributed by atoms with Crippen molar-refractivity contribution in [1.82, 2.24) is 14.2 Å². The van der Waals surface area contributed by atoms with E-state index in [1.807, 2.05) is 43.3 Å². The Hall–Kier alpha value is -3.59. The summed E-state index contributed by atoms with van der Waals surface area (Å²) in [6.45, 7) is 0.504. The zero-order valence-electron chi connectivity index (χ0n) is 17.5. The Kier molecular flexibility index (Phi) is 6.03. The van der Waals surface area contributed by atoms with Gasteiger partial charge in [0.05, 0.1) is 18.3 Å². The van der Waals surface area contributed by atoms with Crippen molar-refractivity contribution in [2.75, 3.05) is 31.4 Å². The lowest BCUT2D eigenvalue weighted by atomic mass is 10.2. The van der Waals surface area contributed by atoms with Gasteiger partial charge in [0.15, 0.2) is 16.7 Å². The number of ether oxygens (including phenoxy) is 1. The maximum atomic E-state index is 13.2. The fourth-order valence-electron chi connectivity index (χ4n) is 2.92. The average Bonchev–Trinajstić information content (AvgIpc) is 3.47. The number of anilines is 2. The molecule has 2 aromatic carbocycles. The molecule has 2 aromatic heterocycles. The molecule has 0 aliphatic rings. The van der Waals surface area contributed by atoms with Gasteiger partial charge in [0.25, 0.3) is 0 Å². The van der Waals surface area contributed by atoms with Crippen LogP contribution in [0.25, 0.3) is 11.6 Å². The topological polar surface area (TPSA) is 85.4 Å². The predicted molar refractivity (Wildman–Crippen MR) is 121 cm³/mol. The average molecular weight is 438 g/mol. The van der Waals surface area contributed by atoms with Crippen LogP contribution >= 0.6 is 0 Å². The van der Waals surface area contributed by atoms with Crippen molar-refractivity contribution in [3.8, 4) is 17.3 Å². The number of aromatic nitrogens is 3. The largest absolute Gasteiger partial charge is 0.497 e. The lowest BCUT2D eigenvalue weighted by molar-refractivity contribution is 0.414. The number of benzene rings is 2. The maximum absolute atomic E-state index is 13.2. The summed E-state index contributed by atoms with van der Waals surface area (Å²) in [7, 11) is 3.99. The minimum Gasteiger partial charge on any atom is -0.497 e. The predicted octanol–water partition coefficient (Wildman–Crippen LogP) is 3.80. The molecule has 0 aliphatic carbocycles. The smallest absolute Gasteiger partial charge is 0.235 e.